The molecule has 1 fully saturated rings. The van der Waals surface area contributed by atoms with Crippen molar-refractivity contribution in [2.75, 3.05) is 26.7 Å². The first-order valence-corrected chi connectivity index (χ1v) is 14.4. The van der Waals surface area contributed by atoms with E-state index in [1.165, 1.54) is 38.1 Å². The number of rotatable bonds is 6. The molecule has 204 valence electrons. The molecule has 1 N–H and O–H groups in total. The van der Waals surface area contributed by atoms with Crippen molar-refractivity contribution in [2.24, 2.45) is 11.8 Å². The van der Waals surface area contributed by atoms with Gasteiger partial charge < -0.3 is 14.7 Å². The van der Waals surface area contributed by atoms with Gasteiger partial charge in [-0.15, -0.1) is 0 Å². The highest BCUT2D eigenvalue weighted by molar-refractivity contribution is 7.89. The molecule has 0 bridgehead atoms. The van der Waals surface area contributed by atoms with E-state index in [1.54, 1.807) is 24.1 Å². The Labute approximate surface area is 223 Å². The predicted molar refractivity (Wildman–Crippen MR) is 140 cm³/mol. The molecule has 2 aromatic rings. The lowest BCUT2D eigenvalue weighted by Crippen LogP contribution is -2.50. The Kier molecular flexibility index (Phi) is 8.71. The lowest BCUT2D eigenvalue weighted by molar-refractivity contribution is 0.0373. The molecule has 3 atom stereocenters. The number of aliphatic hydroxyl groups is 1. The summed E-state index contributed by atoms with van der Waals surface area (Å²) in [6, 6.07) is 6.02. The first kappa shape index (κ1) is 28.0. The van der Waals surface area contributed by atoms with Crippen LogP contribution >= 0.6 is 0 Å². The van der Waals surface area contributed by atoms with Crippen molar-refractivity contribution >= 4 is 15.9 Å². The average Bonchev–Trinajstić information content (AvgIpc) is 3.43. The van der Waals surface area contributed by atoms with Crippen LogP contribution in [0.5, 0.6) is 5.88 Å². The summed E-state index contributed by atoms with van der Waals surface area (Å²) in [5.41, 5.74) is 0.816. The van der Waals surface area contributed by atoms with Crippen molar-refractivity contribution < 1.29 is 27.4 Å². The molecule has 0 saturated heterocycles. The number of fused-ring (bicyclic) bond motifs is 1. The number of hydrogen-bond acceptors (Lipinski definition) is 6. The topological polar surface area (TPSA) is 100 Å². The smallest absolute Gasteiger partial charge is 0.259 e. The fourth-order valence-corrected chi connectivity index (χ4v) is 6.02. The Hall–Kier alpha value is -3.00. The fourth-order valence-electron chi connectivity index (χ4n) is 4.80. The number of amides is 1. The van der Waals surface area contributed by atoms with Gasteiger partial charge in [0.1, 0.15) is 17.5 Å². The van der Waals surface area contributed by atoms with Crippen LogP contribution in [0.2, 0.25) is 0 Å². The van der Waals surface area contributed by atoms with Gasteiger partial charge in [0, 0.05) is 37.2 Å². The van der Waals surface area contributed by atoms with Gasteiger partial charge in [0.15, 0.2) is 0 Å². The van der Waals surface area contributed by atoms with Crippen LogP contribution in [0.15, 0.2) is 41.4 Å². The number of likely N-dealkylation sites (N-methyl/N-ethyl adjacent to an activating group) is 1. The molecule has 4 rings (SSSR count). The fraction of sp³-hybridized carbons (Fsp3) is 0.500. The molecule has 0 unspecified atom stereocenters. The highest BCUT2D eigenvalue weighted by Crippen LogP contribution is 2.29. The molecule has 38 heavy (non-hydrogen) atoms. The third-order valence-electron chi connectivity index (χ3n) is 7.24. The van der Waals surface area contributed by atoms with Crippen molar-refractivity contribution in [3.63, 3.8) is 0 Å². The lowest BCUT2D eigenvalue weighted by Gasteiger charge is -2.37. The number of halogens is 1. The third-order valence-corrected chi connectivity index (χ3v) is 9.06. The molecule has 10 heteroatoms. The number of aromatic nitrogens is 1. The maximum absolute atomic E-state index is 13.7. The van der Waals surface area contributed by atoms with Crippen LogP contribution in [-0.2, 0) is 10.0 Å². The summed E-state index contributed by atoms with van der Waals surface area (Å²) in [5, 5.41) is 9.85. The van der Waals surface area contributed by atoms with Gasteiger partial charge in [-0.3, -0.25) is 4.79 Å². The van der Waals surface area contributed by atoms with Gasteiger partial charge >= 0.3 is 0 Å². The molecule has 1 amide bonds. The van der Waals surface area contributed by atoms with Crippen LogP contribution in [0.3, 0.4) is 0 Å². The maximum atomic E-state index is 13.7. The number of carbonyl (C=O) groups is 1. The Morgan fingerprint density at radius 1 is 1.29 bits per heavy atom. The summed E-state index contributed by atoms with van der Waals surface area (Å²) in [4.78, 5) is 19.4. The zero-order valence-electron chi connectivity index (χ0n) is 21.9. The van der Waals surface area contributed by atoms with E-state index in [2.05, 4.69) is 16.8 Å². The summed E-state index contributed by atoms with van der Waals surface area (Å²) in [7, 11) is -2.59. The van der Waals surface area contributed by atoms with Crippen molar-refractivity contribution in [1.29, 1.82) is 0 Å². The lowest BCUT2D eigenvalue weighted by atomic mass is 10.00. The van der Waals surface area contributed by atoms with E-state index < -0.39 is 28.0 Å². The van der Waals surface area contributed by atoms with Gasteiger partial charge in [-0.05, 0) is 44.0 Å². The van der Waals surface area contributed by atoms with E-state index in [4.69, 9.17) is 4.74 Å². The summed E-state index contributed by atoms with van der Waals surface area (Å²) in [6.45, 7) is 3.54. The largest absolute Gasteiger partial charge is 0.472 e. The van der Waals surface area contributed by atoms with Crippen LogP contribution in [0.25, 0.3) is 0 Å². The van der Waals surface area contributed by atoms with Gasteiger partial charge in [-0.2, -0.15) is 4.31 Å². The quantitative estimate of drug-likeness (QED) is 0.562. The molecule has 0 spiro atoms. The summed E-state index contributed by atoms with van der Waals surface area (Å²) < 4.78 is 47.3. The second-order valence-electron chi connectivity index (χ2n) is 10.2. The molecule has 1 aliphatic heterocycles. The van der Waals surface area contributed by atoms with E-state index in [0.29, 0.717) is 11.5 Å². The zero-order chi connectivity index (χ0) is 27.4. The number of aliphatic hydroxyl groups excluding tert-OH is 1. The second-order valence-corrected chi connectivity index (χ2v) is 12.2. The number of hydrogen-bond donors (Lipinski definition) is 1. The van der Waals surface area contributed by atoms with Gasteiger partial charge in [0.05, 0.1) is 24.1 Å². The number of benzene rings is 1. The summed E-state index contributed by atoms with van der Waals surface area (Å²) >= 11 is 0. The molecule has 1 aromatic carbocycles. The first-order valence-electron chi connectivity index (χ1n) is 12.9. The monoisotopic (exact) mass is 543 g/mol. The molecule has 0 radical (unpaired) electrons. The zero-order valence-corrected chi connectivity index (χ0v) is 22.7. The highest BCUT2D eigenvalue weighted by Gasteiger charge is 2.36. The average molecular weight is 544 g/mol. The molecule has 8 nitrogen and oxygen atoms in total. The van der Waals surface area contributed by atoms with Crippen LogP contribution in [-0.4, -0.2) is 72.5 Å². The van der Waals surface area contributed by atoms with Gasteiger partial charge in [0.2, 0.25) is 15.9 Å². The van der Waals surface area contributed by atoms with E-state index in [1.807, 2.05) is 6.92 Å². The minimum atomic E-state index is -4.00. The molecule has 1 aliphatic carbocycles. The van der Waals surface area contributed by atoms with E-state index in [-0.39, 0.29) is 47.9 Å². The molecule has 1 aromatic heterocycles. The number of nitrogens with zero attached hydrogens (tertiary/aromatic N) is 3. The molecule has 1 saturated carbocycles. The maximum Gasteiger partial charge on any atom is 0.259 e. The Morgan fingerprint density at radius 3 is 2.71 bits per heavy atom. The Morgan fingerprint density at radius 2 is 2.03 bits per heavy atom. The first-order chi connectivity index (χ1) is 18.1. The van der Waals surface area contributed by atoms with Crippen molar-refractivity contribution in [3.8, 4) is 17.7 Å². The van der Waals surface area contributed by atoms with E-state index in [9.17, 15) is 22.7 Å². The van der Waals surface area contributed by atoms with Crippen molar-refractivity contribution in [2.45, 2.75) is 56.6 Å². The summed E-state index contributed by atoms with van der Waals surface area (Å²) in [6.07, 6.45) is 5.37. The highest BCUT2D eigenvalue weighted by atomic mass is 32.2. The van der Waals surface area contributed by atoms with Gasteiger partial charge in [0.25, 0.3) is 5.91 Å². The predicted octanol–water partition coefficient (Wildman–Crippen LogP) is 3.30. The van der Waals surface area contributed by atoms with Gasteiger partial charge in [-0.1, -0.05) is 37.7 Å². The SMILES string of the molecule is C[C@@H]1CN([C@@H](C)CO)C(=O)c2cc(C#CC3CCCC3)cnc2O[C@@H]1CN(C)S(=O)(=O)c1cccc(F)c1. The van der Waals surface area contributed by atoms with Crippen LogP contribution < -0.4 is 4.74 Å². The minimum Gasteiger partial charge on any atom is -0.472 e. The molecule has 2 heterocycles. The van der Waals surface area contributed by atoms with Crippen molar-refractivity contribution in [1.82, 2.24) is 14.2 Å². The van der Waals surface area contributed by atoms with E-state index in [0.717, 1.165) is 23.2 Å². The minimum absolute atomic E-state index is 0.0556. The standard InChI is InChI=1S/C28H34FN3O5S/c1-19-16-32(20(2)18-33)28(34)25-13-22(12-11-21-7-4-5-8-21)15-30-27(25)37-26(19)17-31(3)38(35,36)24-10-6-9-23(29)14-24/h6,9-10,13-15,19-21,26,33H,4-5,7-8,16-18H2,1-3H3/t19-,20+,26-/m1/s1. The molecular weight excluding hydrogens is 509 g/mol. The second kappa shape index (κ2) is 11.8. The molecule has 2 aliphatic rings. The van der Waals surface area contributed by atoms with Crippen LogP contribution in [0.4, 0.5) is 4.39 Å². The number of sulfonamides is 1. The van der Waals surface area contributed by atoms with E-state index >= 15 is 0 Å². The number of carbonyl (C=O) groups excluding carboxylic acids is 1. The summed E-state index contributed by atoms with van der Waals surface area (Å²) in [5.74, 6) is 5.56. The van der Waals surface area contributed by atoms with Crippen LogP contribution in [0, 0.1) is 29.5 Å². The normalized spacial score (nSPS) is 21.2. The van der Waals surface area contributed by atoms with Gasteiger partial charge in [-0.25, -0.2) is 17.8 Å². The molecular formula is C28H34FN3O5S. The number of pyridine rings is 1. The third kappa shape index (κ3) is 6.17. The number of ether oxygens (including phenoxy) is 1. The Bertz CT molecular complexity index is 1330. The van der Waals surface area contributed by atoms with Crippen molar-refractivity contribution in [3.05, 3.63) is 53.5 Å². The van der Waals surface area contributed by atoms with Crippen LogP contribution in [0.1, 0.15) is 55.5 Å². The Balaban J connectivity index is 1.66.